The van der Waals surface area contributed by atoms with Crippen LogP contribution in [0, 0.1) is 0 Å². The van der Waals surface area contributed by atoms with Gasteiger partial charge in [-0.15, -0.1) is 0 Å². The minimum atomic E-state index is -3.12. The van der Waals surface area contributed by atoms with Crippen LogP contribution in [0.1, 0.15) is 41.5 Å². The Hall–Kier alpha value is -0.136. The lowest BCUT2D eigenvalue weighted by molar-refractivity contribution is 0.490. The topological polar surface area (TPSA) is 24.1 Å². The molecule has 0 fully saturated rings. The van der Waals surface area contributed by atoms with E-state index < -0.39 is 16.8 Å². The molecule has 18 heavy (non-hydrogen) atoms. The van der Waals surface area contributed by atoms with Crippen LogP contribution in [-0.2, 0) is 0 Å². The van der Waals surface area contributed by atoms with E-state index in [1.54, 1.807) is 11.9 Å². The molecule has 1 unspecified atom stereocenters. The molecule has 2 nitrogen and oxygen atoms in total. The molecule has 0 rings (SSSR count). The largest absolute Gasteiger partial charge is 0.387 e. The summed E-state index contributed by atoms with van der Waals surface area (Å²) < 4.78 is 18.6. The Morgan fingerprint density at radius 1 is 0.944 bits per heavy atom. The zero-order valence-corrected chi connectivity index (χ0v) is 15.5. The van der Waals surface area contributed by atoms with Gasteiger partial charge in [0.15, 0.2) is 0 Å². The molecular formula is C13H31FN2Si2. The number of hydrogen-bond donors (Lipinski definition) is 2. The van der Waals surface area contributed by atoms with Crippen molar-refractivity contribution in [2.75, 3.05) is 0 Å². The van der Waals surface area contributed by atoms with E-state index in [4.69, 9.17) is 0 Å². The SMILES string of the molecule is CC(C)(C)NC=C[Si](F)(N[Si](C)(C)C)C(C)(C)C. The average molecular weight is 291 g/mol. The van der Waals surface area contributed by atoms with Crippen LogP contribution in [0.25, 0.3) is 0 Å². The molecule has 0 radical (unpaired) electrons. The van der Waals surface area contributed by atoms with E-state index in [-0.39, 0.29) is 10.6 Å². The molecule has 0 aliphatic heterocycles. The third-order valence-electron chi connectivity index (χ3n) is 2.48. The van der Waals surface area contributed by atoms with Crippen LogP contribution in [0.15, 0.2) is 11.9 Å². The van der Waals surface area contributed by atoms with E-state index in [2.05, 4.69) is 50.4 Å². The highest BCUT2D eigenvalue weighted by atomic mass is 28.4. The zero-order valence-electron chi connectivity index (χ0n) is 13.5. The van der Waals surface area contributed by atoms with Crippen LogP contribution in [0.4, 0.5) is 4.11 Å². The van der Waals surface area contributed by atoms with Crippen molar-refractivity contribution < 1.29 is 4.11 Å². The minimum absolute atomic E-state index is 0.0249. The highest BCUT2D eigenvalue weighted by molar-refractivity contribution is 6.92. The Morgan fingerprint density at radius 3 is 1.67 bits per heavy atom. The van der Waals surface area contributed by atoms with E-state index in [1.165, 1.54) is 0 Å². The maximum absolute atomic E-state index is 15.3. The number of rotatable bonds is 4. The summed E-state index contributed by atoms with van der Waals surface area (Å²) in [6, 6.07) is 0. The van der Waals surface area contributed by atoms with Crippen molar-refractivity contribution in [2.45, 2.75) is 71.8 Å². The molecule has 0 saturated heterocycles. The van der Waals surface area contributed by atoms with Gasteiger partial charge in [-0.05, 0) is 32.7 Å². The number of halogens is 1. The molecule has 0 aliphatic carbocycles. The van der Waals surface area contributed by atoms with Crippen LogP contribution in [-0.4, -0.2) is 22.3 Å². The summed E-state index contributed by atoms with van der Waals surface area (Å²) in [4.78, 5) is 0. The van der Waals surface area contributed by atoms with Crippen molar-refractivity contribution >= 4 is 16.8 Å². The van der Waals surface area contributed by atoms with Crippen LogP contribution < -0.4 is 9.96 Å². The van der Waals surface area contributed by atoms with E-state index in [0.717, 1.165) is 0 Å². The number of nitrogens with one attached hydrogen (secondary N) is 2. The molecule has 0 bridgehead atoms. The molecule has 0 heterocycles. The van der Waals surface area contributed by atoms with Crippen molar-refractivity contribution in [1.29, 1.82) is 0 Å². The molecule has 0 aromatic carbocycles. The van der Waals surface area contributed by atoms with Gasteiger partial charge in [-0.3, -0.25) is 4.11 Å². The van der Waals surface area contributed by atoms with Crippen molar-refractivity contribution in [3.8, 4) is 0 Å². The van der Waals surface area contributed by atoms with Crippen LogP contribution >= 0.6 is 0 Å². The fourth-order valence-electron chi connectivity index (χ4n) is 1.43. The van der Waals surface area contributed by atoms with Gasteiger partial charge in [0.1, 0.15) is 8.24 Å². The fourth-order valence-corrected chi connectivity index (χ4v) is 8.44. The summed E-state index contributed by atoms with van der Waals surface area (Å²) in [5.74, 6) is 0. The van der Waals surface area contributed by atoms with Gasteiger partial charge >= 0.3 is 8.57 Å². The molecule has 1 atom stereocenters. The Balaban J connectivity index is 5.03. The molecule has 2 N–H and O–H groups in total. The predicted octanol–water partition coefficient (Wildman–Crippen LogP) is 4.06. The van der Waals surface area contributed by atoms with E-state index in [1.807, 2.05) is 20.8 Å². The average Bonchev–Trinajstić information content (AvgIpc) is 1.94. The summed E-state index contributed by atoms with van der Waals surface area (Å²) in [6.07, 6.45) is 1.80. The van der Waals surface area contributed by atoms with Crippen LogP contribution in [0.5, 0.6) is 0 Å². The first-order chi connectivity index (χ1) is 7.66. The van der Waals surface area contributed by atoms with Gasteiger partial charge in [-0.2, -0.15) is 0 Å². The van der Waals surface area contributed by atoms with Gasteiger partial charge < -0.3 is 9.96 Å². The van der Waals surface area contributed by atoms with Crippen molar-refractivity contribution in [2.24, 2.45) is 0 Å². The van der Waals surface area contributed by atoms with E-state index in [9.17, 15) is 0 Å². The summed E-state index contributed by atoms with van der Waals surface area (Å²) in [5.41, 5.74) is 1.74. The van der Waals surface area contributed by atoms with Crippen molar-refractivity contribution in [3.05, 3.63) is 11.9 Å². The molecule has 0 saturated carbocycles. The lowest BCUT2D eigenvalue weighted by Crippen LogP contribution is -2.62. The molecule has 0 spiro atoms. The fraction of sp³-hybridized carbons (Fsp3) is 0.846. The van der Waals surface area contributed by atoms with Crippen LogP contribution in [0.3, 0.4) is 0 Å². The highest BCUT2D eigenvalue weighted by Crippen LogP contribution is 2.36. The van der Waals surface area contributed by atoms with Gasteiger partial charge in [-0.25, -0.2) is 0 Å². The first kappa shape index (κ1) is 17.9. The quantitative estimate of drug-likeness (QED) is 0.602. The second-order valence-corrected chi connectivity index (χ2v) is 16.8. The smallest absolute Gasteiger partial charge is 0.344 e. The van der Waals surface area contributed by atoms with Crippen molar-refractivity contribution in [1.82, 2.24) is 9.96 Å². The van der Waals surface area contributed by atoms with Gasteiger partial charge in [0.05, 0.1) is 0 Å². The van der Waals surface area contributed by atoms with Gasteiger partial charge in [0.25, 0.3) is 0 Å². The predicted molar refractivity (Wildman–Crippen MR) is 85.1 cm³/mol. The zero-order chi connectivity index (χ0) is 14.8. The number of hydrogen-bond acceptors (Lipinski definition) is 2. The standard InChI is InChI=1S/C13H31FN2Si2/c1-12(2,3)15-10-11-18(14,13(4,5)6)16-17(7,8)9/h10-11,15-16H,1-9H3. The lowest BCUT2D eigenvalue weighted by Gasteiger charge is -2.38. The summed E-state index contributed by atoms with van der Waals surface area (Å²) in [5, 5.41) is 2.88. The normalized spacial score (nSPS) is 17.9. The molecule has 0 aromatic heterocycles. The van der Waals surface area contributed by atoms with Crippen LogP contribution in [0.2, 0.25) is 24.7 Å². The Labute approximate surface area is 115 Å². The molecular weight excluding hydrogens is 259 g/mol. The molecule has 5 heteroatoms. The molecule has 0 amide bonds. The van der Waals surface area contributed by atoms with Gasteiger partial charge in [0, 0.05) is 10.6 Å². The van der Waals surface area contributed by atoms with Gasteiger partial charge in [0.2, 0.25) is 0 Å². The molecule has 0 aromatic rings. The Kier molecular flexibility index (Phi) is 5.42. The molecule has 0 aliphatic rings. The minimum Gasteiger partial charge on any atom is -0.387 e. The Bertz CT molecular complexity index is 298. The highest BCUT2D eigenvalue weighted by Gasteiger charge is 2.47. The lowest BCUT2D eigenvalue weighted by atomic mass is 10.1. The van der Waals surface area contributed by atoms with E-state index >= 15 is 4.11 Å². The summed E-state index contributed by atoms with van der Waals surface area (Å²) in [6.45, 7) is 18.6. The third-order valence-corrected chi connectivity index (χ3v) is 9.74. The van der Waals surface area contributed by atoms with E-state index in [0.29, 0.717) is 0 Å². The maximum atomic E-state index is 15.3. The molecule has 108 valence electrons. The maximum Gasteiger partial charge on any atom is 0.344 e. The third kappa shape index (κ3) is 6.70. The monoisotopic (exact) mass is 290 g/mol. The first-order valence-corrected chi connectivity index (χ1v) is 12.1. The second kappa shape index (κ2) is 5.47. The summed E-state index contributed by atoms with van der Waals surface area (Å²) in [7, 11) is -4.76. The second-order valence-electron chi connectivity index (χ2n) is 8.06. The summed E-state index contributed by atoms with van der Waals surface area (Å²) >= 11 is 0. The van der Waals surface area contributed by atoms with Crippen molar-refractivity contribution in [3.63, 3.8) is 0 Å². The Morgan fingerprint density at radius 2 is 1.39 bits per heavy atom. The van der Waals surface area contributed by atoms with Gasteiger partial charge in [-0.1, -0.05) is 40.4 Å². The first-order valence-electron chi connectivity index (χ1n) is 6.60.